The highest BCUT2D eigenvalue weighted by molar-refractivity contribution is 4.98. The molecule has 0 radical (unpaired) electrons. The molecular formula is C16H27N3O3. The minimum Gasteiger partial charge on any atom is -0.390 e. The van der Waals surface area contributed by atoms with Gasteiger partial charge in [-0.05, 0) is 25.7 Å². The molecule has 1 aromatic heterocycles. The summed E-state index contributed by atoms with van der Waals surface area (Å²) in [7, 11) is 1.72. The van der Waals surface area contributed by atoms with Gasteiger partial charge >= 0.3 is 0 Å². The Morgan fingerprint density at radius 2 is 2.27 bits per heavy atom. The normalized spacial score (nSPS) is 25.6. The van der Waals surface area contributed by atoms with Crippen LogP contribution in [-0.4, -0.2) is 64.7 Å². The summed E-state index contributed by atoms with van der Waals surface area (Å²) in [6.45, 7) is 5.09. The van der Waals surface area contributed by atoms with Crippen LogP contribution in [0.25, 0.3) is 0 Å². The third kappa shape index (κ3) is 3.35. The molecular weight excluding hydrogens is 282 g/mol. The van der Waals surface area contributed by atoms with E-state index in [1.165, 1.54) is 0 Å². The van der Waals surface area contributed by atoms with Crippen molar-refractivity contribution in [3.63, 3.8) is 0 Å². The number of hydrogen-bond acceptors (Lipinski definition) is 5. The third-order valence-electron chi connectivity index (χ3n) is 5.02. The van der Waals surface area contributed by atoms with Gasteiger partial charge in [0.25, 0.3) is 0 Å². The van der Waals surface area contributed by atoms with Crippen molar-refractivity contribution in [2.24, 2.45) is 0 Å². The van der Waals surface area contributed by atoms with Crippen LogP contribution in [-0.2, 0) is 22.6 Å². The summed E-state index contributed by atoms with van der Waals surface area (Å²) in [5, 5.41) is 10.3. The van der Waals surface area contributed by atoms with Crippen molar-refractivity contribution in [1.29, 1.82) is 0 Å². The van der Waals surface area contributed by atoms with Crippen LogP contribution < -0.4 is 0 Å². The number of piperidine rings is 1. The molecule has 1 spiro atoms. The average Bonchev–Trinajstić information content (AvgIpc) is 2.98. The van der Waals surface area contributed by atoms with E-state index in [1.807, 2.05) is 12.4 Å². The number of imidazole rings is 1. The van der Waals surface area contributed by atoms with Gasteiger partial charge in [-0.1, -0.05) is 0 Å². The highest BCUT2D eigenvalue weighted by atomic mass is 16.5. The second kappa shape index (κ2) is 7.08. The van der Waals surface area contributed by atoms with Gasteiger partial charge in [-0.3, -0.25) is 4.90 Å². The van der Waals surface area contributed by atoms with E-state index in [9.17, 15) is 5.11 Å². The zero-order chi connectivity index (χ0) is 15.4. The summed E-state index contributed by atoms with van der Waals surface area (Å²) < 4.78 is 13.3. The Bertz CT molecular complexity index is 469. The van der Waals surface area contributed by atoms with E-state index in [1.54, 1.807) is 7.11 Å². The SMILES string of the molecule is COCCn1ccnc1CN1CCC2(CC1)OCCC[C@H]2O. The third-order valence-corrected chi connectivity index (χ3v) is 5.02. The van der Waals surface area contributed by atoms with Crippen molar-refractivity contribution < 1.29 is 14.6 Å². The summed E-state index contributed by atoms with van der Waals surface area (Å²) in [5.74, 6) is 1.08. The van der Waals surface area contributed by atoms with E-state index < -0.39 is 0 Å². The molecule has 1 atom stereocenters. The zero-order valence-corrected chi connectivity index (χ0v) is 13.4. The summed E-state index contributed by atoms with van der Waals surface area (Å²) >= 11 is 0. The van der Waals surface area contributed by atoms with Crippen LogP contribution in [0.5, 0.6) is 0 Å². The number of methoxy groups -OCH3 is 1. The molecule has 1 aromatic rings. The van der Waals surface area contributed by atoms with Gasteiger partial charge in [-0.15, -0.1) is 0 Å². The number of aliphatic hydroxyl groups is 1. The summed E-state index contributed by atoms with van der Waals surface area (Å²) in [6, 6.07) is 0. The van der Waals surface area contributed by atoms with Crippen molar-refractivity contribution in [3.05, 3.63) is 18.2 Å². The molecule has 0 aromatic carbocycles. The lowest BCUT2D eigenvalue weighted by atomic mass is 9.82. The second-order valence-corrected chi connectivity index (χ2v) is 6.38. The quantitative estimate of drug-likeness (QED) is 0.880. The first-order valence-electron chi connectivity index (χ1n) is 8.27. The van der Waals surface area contributed by atoms with Gasteiger partial charge in [0, 0.05) is 45.7 Å². The molecule has 2 saturated heterocycles. The lowest BCUT2D eigenvalue weighted by Crippen LogP contribution is -2.55. The lowest BCUT2D eigenvalue weighted by Gasteiger charge is -2.46. The van der Waals surface area contributed by atoms with E-state index >= 15 is 0 Å². The van der Waals surface area contributed by atoms with Gasteiger partial charge in [0.15, 0.2) is 0 Å². The molecule has 6 heteroatoms. The molecule has 22 heavy (non-hydrogen) atoms. The highest BCUT2D eigenvalue weighted by Gasteiger charge is 2.43. The Morgan fingerprint density at radius 3 is 3.00 bits per heavy atom. The molecule has 3 heterocycles. The molecule has 2 fully saturated rings. The summed E-state index contributed by atoms with van der Waals surface area (Å²) in [6.07, 6.45) is 7.23. The van der Waals surface area contributed by atoms with E-state index in [0.717, 1.165) is 64.3 Å². The van der Waals surface area contributed by atoms with Crippen LogP contribution in [0.4, 0.5) is 0 Å². The maximum Gasteiger partial charge on any atom is 0.122 e. The minimum absolute atomic E-state index is 0.291. The fourth-order valence-corrected chi connectivity index (χ4v) is 3.56. The fourth-order valence-electron chi connectivity index (χ4n) is 3.56. The maximum absolute atomic E-state index is 10.3. The Balaban J connectivity index is 1.55. The number of nitrogens with zero attached hydrogens (tertiary/aromatic N) is 3. The van der Waals surface area contributed by atoms with E-state index in [-0.39, 0.29) is 11.7 Å². The van der Waals surface area contributed by atoms with Crippen LogP contribution in [0.15, 0.2) is 12.4 Å². The topological polar surface area (TPSA) is 59.8 Å². The molecule has 6 nitrogen and oxygen atoms in total. The minimum atomic E-state index is -0.299. The second-order valence-electron chi connectivity index (χ2n) is 6.38. The zero-order valence-electron chi connectivity index (χ0n) is 13.4. The first kappa shape index (κ1) is 15.9. The van der Waals surface area contributed by atoms with Gasteiger partial charge < -0.3 is 19.1 Å². The smallest absolute Gasteiger partial charge is 0.122 e. The van der Waals surface area contributed by atoms with Crippen LogP contribution in [0, 0.1) is 0 Å². The molecule has 0 aliphatic carbocycles. The number of likely N-dealkylation sites (tertiary alicyclic amines) is 1. The highest BCUT2D eigenvalue weighted by Crippen LogP contribution is 2.35. The molecule has 0 unspecified atom stereocenters. The molecule has 0 saturated carbocycles. The molecule has 0 amide bonds. The van der Waals surface area contributed by atoms with Crippen molar-refractivity contribution in [2.45, 2.75) is 50.5 Å². The van der Waals surface area contributed by atoms with Crippen LogP contribution in [0.3, 0.4) is 0 Å². The van der Waals surface area contributed by atoms with Crippen molar-refractivity contribution in [1.82, 2.24) is 14.5 Å². The molecule has 3 rings (SSSR count). The predicted molar refractivity (Wildman–Crippen MR) is 82.5 cm³/mol. The largest absolute Gasteiger partial charge is 0.390 e. The maximum atomic E-state index is 10.3. The number of rotatable bonds is 5. The monoisotopic (exact) mass is 309 g/mol. The number of aliphatic hydroxyl groups excluding tert-OH is 1. The first-order chi connectivity index (χ1) is 10.7. The summed E-state index contributed by atoms with van der Waals surface area (Å²) in [4.78, 5) is 6.87. The average molecular weight is 309 g/mol. The number of hydrogen-bond donors (Lipinski definition) is 1. The fraction of sp³-hybridized carbons (Fsp3) is 0.812. The van der Waals surface area contributed by atoms with Crippen LogP contribution >= 0.6 is 0 Å². The Labute approximate surface area is 132 Å². The number of aromatic nitrogens is 2. The Kier molecular flexibility index (Phi) is 5.13. The molecule has 2 aliphatic heterocycles. The van der Waals surface area contributed by atoms with E-state index in [0.29, 0.717) is 6.61 Å². The van der Waals surface area contributed by atoms with Gasteiger partial charge in [0.2, 0.25) is 0 Å². The van der Waals surface area contributed by atoms with Crippen molar-refractivity contribution in [3.8, 4) is 0 Å². The lowest BCUT2D eigenvalue weighted by molar-refractivity contribution is -0.177. The van der Waals surface area contributed by atoms with Gasteiger partial charge in [-0.25, -0.2) is 4.98 Å². The number of ether oxygens (including phenoxy) is 2. The van der Waals surface area contributed by atoms with Gasteiger partial charge in [-0.2, -0.15) is 0 Å². The van der Waals surface area contributed by atoms with Crippen LogP contribution in [0.2, 0.25) is 0 Å². The molecule has 124 valence electrons. The first-order valence-corrected chi connectivity index (χ1v) is 8.27. The standard InChI is InChI=1S/C16H27N3O3/c1-21-12-10-19-9-6-17-15(19)13-18-7-4-16(5-8-18)14(20)3-2-11-22-16/h6,9,14,20H,2-5,7-8,10-13H2,1H3/t14-/m1/s1. The molecule has 1 N–H and O–H groups in total. The Morgan fingerprint density at radius 1 is 1.45 bits per heavy atom. The van der Waals surface area contributed by atoms with Gasteiger partial charge in [0.1, 0.15) is 5.82 Å². The Hall–Kier alpha value is -0.950. The van der Waals surface area contributed by atoms with E-state index in [2.05, 4.69) is 14.5 Å². The molecule has 0 bridgehead atoms. The van der Waals surface area contributed by atoms with E-state index in [4.69, 9.17) is 9.47 Å². The molecule has 2 aliphatic rings. The predicted octanol–water partition coefficient (Wildman–Crippen LogP) is 1.04. The van der Waals surface area contributed by atoms with Crippen molar-refractivity contribution >= 4 is 0 Å². The van der Waals surface area contributed by atoms with Gasteiger partial charge in [0.05, 0.1) is 24.9 Å². The van der Waals surface area contributed by atoms with Crippen LogP contribution in [0.1, 0.15) is 31.5 Å². The van der Waals surface area contributed by atoms with Crippen molar-refractivity contribution in [2.75, 3.05) is 33.4 Å². The summed E-state index contributed by atoms with van der Waals surface area (Å²) in [5.41, 5.74) is -0.291.